The fourth-order valence-corrected chi connectivity index (χ4v) is 6.28. The Morgan fingerprint density at radius 3 is 0.881 bits per heavy atom. The molecule has 0 unspecified atom stereocenters. The topological polar surface area (TPSA) is 71.4 Å². The van der Waals surface area contributed by atoms with Crippen LogP contribution in [0.2, 0.25) is 0 Å². The molecule has 42 heavy (non-hydrogen) atoms. The normalized spacial score (nSPS) is 11.7. The van der Waals surface area contributed by atoms with Crippen LogP contribution in [0.3, 0.4) is 0 Å². The minimum atomic E-state index is -1.82. The van der Waals surface area contributed by atoms with E-state index >= 15 is 0 Å². The second kappa shape index (κ2) is 29.9. The average Bonchev–Trinajstić information content (AvgIpc) is 2.98. The van der Waals surface area contributed by atoms with Crippen LogP contribution in [0.4, 0.5) is 0 Å². The molecule has 4 heteroatoms. The number of Topliss-reactive ketones (excluding diaryl/α,β-unsaturated/α-hetero) is 2. The molecular formula is C38H72O4. The van der Waals surface area contributed by atoms with Gasteiger partial charge in [0.25, 0.3) is 0 Å². The van der Waals surface area contributed by atoms with Crippen LogP contribution in [0, 0.1) is 5.41 Å². The molecule has 0 rings (SSSR count). The van der Waals surface area contributed by atoms with Gasteiger partial charge in [-0.1, -0.05) is 188 Å². The van der Waals surface area contributed by atoms with Crippen molar-refractivity contribution in [2.24, 2.45) is 5.41 Å². The summed E-state index contributed by atoms with van der Waals surface area (Å²) in [6.07, 6.45) is 32.7. The Kier molecular flexibility index (Phi) is 29.0. The van der Waals surface area contributed by atoms with Crippen molar-refractivity contribution in [1.82, 2.24) is 0 Å². The highest BCUT2D eigenvalue weighted by molar-refractivity contribution is 6.21. The zero-order valence-electron chi connectivity index (χ0n) is 28.6. The number of carboxylic acid groups (broad SMARTS) is 1. The highest BCUT2D eigenvalue weighted by Gasteiger charge is 2.50. The Morgan fingerprint density at radius 1 is 0.381 bits per heavy atom. The molecule has 0 heterocycles. The van der Waals surface area contributed by atoms with Crippen LogP contribution in [-0.4, -0.2) is 22.6 Å². The SMILES string of the molecule is CCCCCCCCCCCCC(C(=O)O)(C(=O)CCCCCCCCCCC)C(=O)CCCCCCCCCCC. The Labute approximate surface area is 262 Å². The van der Waals surface area contributed by atoms with Crippen LogP contribution in [0.1, 0.15) is 220 Å². The molecule has 0 saturated carbocycles. The molecule has 0 aromatic carbocycles. The van der Waals surface area contributed by atoms with E-state index < -0.39 is 11.4 Å². The minimum Gasteiger partial charge on any atom is -0.480 e. The first-order valence-electron chi connectivity index (χ1n) is 18.8. The van der Waals surface area contributed by atoms with Gasteiger partial charge >= 0.3 is 5.97 Å². The van der Waals surface area contributed by atoms with E-state index in [4.69, 9.17) is 0 Å². The number of carbonyl (C=O) groups is 3. The number of hydrogen-bond donors (Lipinski definition) is 1. The average molecular weight is 593 g/mol. The summed E-state index contributed by atoms with van der Waals surface area (Å²) in [5.74, 6) is -1.84. The lowest BCUT2D eigenvalue weighted by molar-refractivity contribution is -0.160. The molecular weight excluding hydrogens is 520 g/mol. The maximum absolute atomic E-state index is 13.5. The number of rotatable bonds is 34. The van der Waals surface area contributed by atoms with E-state index in [0.717, 1.165) is 44.9 Å². The summed E-state index contributed by atoms with van der Waals surface area (Å²) in [6, 6.07) is 0. The van der Waals surface area contributed by atoms with Gasteiger partial charge in [-0.2, -0.15) is 0 Å². The molecule has 0 aliphatic carbocycles. The van der Waals surface area contributed by atoms with Gasteiger partial charge < -0.3 is 5.11 Å². The highest BCUT2D eigenvalue weighted by Crippen LogP contribution is 2.33. The van der Waals surface area contributed by atoms with Crippen molar-refractivity contribution >= 4 is 17.5 Å². The fourth-order valence-electron chi connectivity index (χ4n) is 6.28. The monoisotopic (exact) mass is 593 g/mol. The van der Waals surface area contributed by atoms with Gasteiger partial charge in [0.1, 0.15) is 0 Å². The number of unbranched alkanes of at least 4 members (excludes halogenated alkanes) is 25. The molecule has 1 N–H and O–H groups in total. The Balaban J connectivity index is 4.79. The van der Waals surface area contributed by atoms with E-state index in [1.165, 1.54) is 116 Å². The van der Waals surface area contributed by atoms with Gasteiger partial charge in [0, 0.05) is 12.8 Å². The van der Waals surface area contributed by atoms with Crippen molar-refractivity contribution in [2.45, 2.75) is 220 Å². The maximum Gasteiger partial charge on any atom is 0.324 e. The van der Waals surface area contributed by atoms with Gasteiger partial charge in [-0.25, -0.2) is 0 Å². The molecule has 0 amide bonds. The van der Waals surface area contributed by atoms with Gasteiger partial charge in [0.15, 0.2) is 17.0 Å². The zero-order valence-corrected chi connectivity index (χ0v) is 28.6. The maximum atomic E-state index is 13.5. The number of hydrogen-bond acceptors (Lipinski definition) is 3. The number of carboxylic acids is 1. The van der Waals surface area contributed by atoms with Crippen LogP contribution in [0.15, 0.2) is 0 Å². The molecule has 0 aromatic rings. The van der Waals surface area contributed by atoms with Crippen LogP contribution in [0.25, 0.3) is 0 Å². The number of carbonyl (C=O) groups excluding carboxylic acids is 2. The molecule has 0 saturated heterocycles. The molecule has 0 bridgehead atoms. The molecule has 0 aliphatic heterocycles. The number of aliphatic carboxylic acids is 1. The van der Waals surface area contributed by atoms with Gasteiger partial charge in [-0.3, -0.25) is 14.4 Å². The van der Waals surface area contributed by atoms with E-state index in [9.17, 15) is 19.5 Å². The Bertz CT molecular complexity index is 607. The first kappa shape index (κ1) is 40.8. The first-order chi connectivity index (χ1) is 20.5. The van der Waals surface area contributed by atoms with E-state index in [1.807, 2.05) is 0 Å². The van der Waals surface area contributed by atoms with Crippen molar-refractivity contribution in [3.63, 3.8) is 0 Å². The quantitative estimate of drug-likeness (QED) is 0.0596. The van der Waals surface area contributed by atoms with Gasteiger partial charge in [-0.15, -0.1) is 0 Å². The smallest absolute Gasteiger partial charge is 0.324 e. The largest absolute Gasteiger partial charge is 0.480 e. The summed E-state index contributed by atoms with van der Waals surface area (Å²) in [7, 11) is 0. The predicted octanol–water partition coefficient (Wildman–Crippen LogP) is 12.3. The molecule has 248 valence electrons. The molecule has 0 fully saturated rings. The second-order valence-electron chi connectivity index (χ2n) is 13.1. The van der Waals surface area contributed by atoms with Crippen LogP contribution in [-0.2, 0) is 14.4 Å². The summed E-state index contributed by atoms with van der Waals surface area (Å²) in [4.78, 5) is 39.7. The second-order valence-corrected chi connectivity index (χ2v) is 13.1. The standard InChI is InChI=1S/C38H72O4/c1-4-7-10-13-16-19-22-25-28-31-34-38(37(41)42,35(39)32-29-26-23-20-17-14-11-8-5-2)36(40)33-30-27-24-21-18-15-12-9-6-3/h4-34H2,1-3H3,(H,41,42). The molecule has 0 spiro atoms. The molecule has 0 aliphatic rings. The zero-order chi connectivity index (χ0) is 31.2. The fraction of sp³-hybridized carbons (Fsp3) is 0.921. The molecule has 0 aromatic heterocycles. The van der Waals surface area contributed by atoms with Gasteiger partial charge in [-0.05, 0) is 19.3 Å². The van der Waals surface area contributed by atoms with E-state index in [2.05, 4.69) is 20.8 Å². The van der Waals surface area contributed by atoms with Crippen LogP contribution < -0.4 is 0 Å². The van der Waals surface area contributed by atoms with Crippen LogP contribution >= 0.6 is 0 Å². The van der Waals surface area contributed by atoms with E-state index in [1.54, 1.807) is 0 Å². The summed E-state index contributed by atoms with van der Waals surface area (Å²) in [5, 5.41) is 10.4. The summed E-state index contributed by atoms with van der Waals surface area (Å²) in [5.41, 5.74) is -1.82. The van der Waals surface area contributed by atoms with E-state index in [0.29, 0.717) is 19.3 Å². The summed E-state index contributed by atoms with van der Waals surface area (Å²) in [6.45, 7) is 6.69. The third-order valence-electron chi connectivity index (χ3n) is 9.24. The summed E-state index contributed by atoms with van der Waals surface area (Å²) < 4.78 is 0. The Morgan fingerprint density at radius 2 is 0.619 bits per heavy atom. The minimum absolute atomic E-state index is 0.186. The molecule has 4 nitrogen and oxygen atoms in total. The lowest BCUT2D eigenvalue weighted by atomic mass is 9.72. The number of ketones is 2. The summed E-state index contributed by atoms with van der Waals surface area (Å²) >= 11 is 0. The van der Waals surface area contributed by atoms with Gasteiger partial charge in [0.05, 0.1) is 0 Å². The van der Waals surface area contributed by atoms with Crippen LogP contribution in [0.5, 0.6) is 0 Å². The molecule has 0 radical (unpaired) electrons. The van der Waals surface area contributed by atoms with Crippen molar-refractivity contribution in [1.29, 1.82) is 0 Å². The van der Waals surface area contributed by atoms with Gasteiger partial charge in [0.2, 0.25) is 0 Å². The highest BCUT2D eigenvalue weighted by atomic mass is 16.4. The lowest BCUT2D eigenvalue weighted by Crippen LogP contribution is -2.46. The first-order valence-corrected chi connectivity index (χ1v) is 18.8. The molecule has 0 atom stereocenters. The Hall–Kier alpha value is -1.19. The third-order valence-corrected chi connectivity index (χ3v) is 9.24. The predicted molar refractivity (Wildman–Crippen MR) is 180 cm³/mol. The van der Waals surface area contributed by atoms with Crippen molar-refractivity contribution in [3.8, 4) is 0 Å². The van der Waals surface area contributed by atoms with Crippen molar-refractivity contribution < 1.29 is 19.5 Å². The third kappa shape index (κ3) is 20.7. The van der Waals surface area contributed by atoms with E-state index in [-0.39, 0.29) is 30.8 Å². The van der Waals surface area contributed by atoms with Crippen molar-refractivity contribution in [2.75, 3.05) is 0 Å². The lowest BCUT2D eigenvalue weighted by Gasteiger charge is -2.27. The van der Waals surface area contributed by atoms with Crippen molar-refractivity contribution in [3.05, 3.63) is 0 Å².